The summed E-state index contributed by atoms with van der Waals surface area (Å²) in [6, 6.07) is -0.251. The fourth-order valence-corrected chi connectivity index (χ4v) is 0.644. The maximum Gasteiger partial charge on any atom is 0.213 e. The number of guanidine groups is 1. The van der Waals surface area contributed by atoms with Gasteiger partial charge in [-0.1, -0.05) is 5.16 Å². The molecule has 0 spiro atoms. The third-order valence-electron chi connectivity index (χ3n) is 1.09. The molecule has 0 bridgehead atoms. The third-order valence-corrected chi connectivity index (χ3v) is 1.09. The highest BCUT2D eigenvalue weighted by Crippen LogP contribution is 2.09. The van der Waals surface area contributed by atoms with Crippen molar-refractivity contribution in [2.45, 2.75) is 13.0 Å². The van der Waals surface area contributed by atoms with Gasteiger partial charge in [-0.3, -0.25) is 0 Å². The molecule has 6 heteroatoms. The molecule has 1 rings (SSSR count). The second kappa shape index (κ2) is 3.00. The van der Waals surface area contributed by atoms with Crippen LogP contribution in [0.25, 0.3) is 0 Å². The summed E-state index contributed by atoms with van der Waals surface area (Å²) < 4.78 is 4.51. The summed E-state index contributed by atoms with van der Waals surface area (Å²) in [6.45, 7) is 1.77. The summed E-state index contributed by atoms with van der Waals surface area (Å²) in [5.74, 6) is 0.487. The van der Waals surface area contributed by atoms with Crippen LogP contribution in [0, 0.1) is 0 Å². The van der Waals surface area contributed by atoms with Crippen molar-refractivity contribution >= 4 is 5.96 Å². The zero-order valence-corrected chi connectivity index (χ0v) is 6.06. The van der Waals surface area contributed by atoms with E-state index in [2.05, 4.69) is 19.7 Å². The molecule has 1 aromatic rings. The molecule has 1 aromatic heterocycles. The molecular formula is C5H9N5O. The molecule has 0 saturated carbocycles. The fraction of sp³-hybridized carbons (Fsp3) is 0.400. The van der Waals surface area contributed by atoms with Crippen LogP contribution in [0.1, 0.15) is 18.8 Å². The van der Waals surface area contributed by atoms with Gasteiger partial charge in [-0.15, -0.1) is 0 Å². The number of hydrogen-bond acceptors (Lipinski definition) is 4. The Hall–Kier alpha value is -1.59. The summed E-state index contributed by atoms with van der Waals surface area (Å²) in [5, 5.41) is 3.56. The summed E-state index contributed by atoms with van der Waals surface area (Å²) in [7, 11) is 0. The van der Waals surface area contributed by atoms with Crippen LogP contribution in [0.4, 0.5) is 0 Å². The lowest BCUT2D eigenvalue weighted by atomic mass is 10.3. The standard InChI is InChI=1S/C5H9N5O/c1-3(9-5(6)7)4-8-2-11-10-4/h2-3H,1H3,(H4,6,7,9). The van der Waals surface area contributed by atoms with Gasteiger partial charge in [-0.05, 0) is 6.92 Å². The number of rotatable bonds is 2. The van der Waals surface area contributed by atoms with Crippen molar-refractivity contribution in [2.24, 2.45) is 16.5 Å². The average Bonchev–Trinajstić information content (AvgIpc) is 2.35. The first-order chi connectivity index (χ1) is 5.20. The highest BCUT2D eigenvalue weighted by atomic mass is 16.5. The number of nitrogens with two attached hydrogens (primary N) is 2. The highest BCUT2D eigenvalue weighted by Gasteiger charge is 2.07. The van der Waals surface area contributed by atoms with E-state index in [4.69, 9.17) is 11.5 Å². The van der Waals surface area contributed by atoms with E-state index in [0.29, 0.717) is 5.82 Å². The summed E-state index contributed by atoms with van der Waals surface area (Å²) >= 11 is 0. The van der Waals surface area contributed by atoms with Crippen molar-refractivity contribution in [2.75, 3.05) is 0 Å². The molecule has 60 valence electrons. The lowest BCUT2D eigenvalue weighted by Crippen LogP contribution is -2.23. The molecule has 1 unspecified atom stereocenters. The molecule has 0 amide bonds. The van der Waals surface area contributed by atoms with Gasteiger partial charge in [0.05, 0.1) is 0 Å². The second-order valence-corrected chi connectivity index (χ2v) is 2.02. The molecule has 4 N–H and O–H groups in total. The topological polar surface area (TPSA) is 103 Å². The Bertz CT molecular complexity index is 237. The number of aliphatic imine (C=N–C) groups is 1. The van der Waals surface area contributed by atoms with E-state index in [1.807, 2.05) is 0 Å². The molecule has 0 aromatic carbocycles. The monoisotopic (exact) mass is 155 g/mol. The molecule has 0 fully saturated rings. The zero-order chi connectivity index (χ0) is 8.27. The van der Waals surface area contributed by atoms with Gasteiger partial charge in [-0.2, -0.15) is 4.98 Å². The van der Waals surface area contributed by atoms with Crippen molar-refractivity contribution < 1.29 is 4.52 Å². The molecule has 1 heterocycles. The van der Waals surface area contributed by atoms with E-state index in [-0.39, 0.29) is 12.0 Å². The first-order valence-electron chi connectivity index (χ1n) is 3.05. The number of hydrogen-bond donors (Lipinski definition) is 2. The van der Waals surface area contributed by atoms with Gasteiger partial charge in [0.25, 0.3) is 0 Å². The van der Waals surface area contributed by atoms with Gasteiger partial charge in [0.15, 0.2) is 11.8 Å². The molecule has 0 aliphatic heterocycles. The number of aromatic nitrogens is 2. The summed E-state index contributed by atoms with van der Waals surface area (Å²) in [6.07, 6.45) is 1.23. The van der Waals surface area contributed by atoms with Gasteiger partial charge in [-0.25, -0.2) is 4.99 Å². The lowest BCUT2D eigenvalue weighted by Gasteiger charge is -1.98. The van der Waals surface area contributed by atoms with E-state index < -0.39 is 0 Å². The predicted molar refractivity (Wildman–Crippen MR) is 38.5 cm³/mol. The van der Waals surface area contributed by atoms with E-state index in [1.54, 1.807) is 6.92 Å². The Kier molecular flexibility index (Phi) is 2.05. The van der Waals surface area contributed by atoms with Gasteiger partial charge >= 0.3 is 0 Å². The zero-order valence-electron chi connectivity index (χ0n) is 6.06. The van der Waals surface area contributed by atoms with Crippen LogP contribution < -0.4 is 11.5 Å². The smallest absolute Gasteiger partial charge is 0.213 e. The Morgan fingerprint density at radius 3 is 2.91 bits per heavy atom. The Balaban J connectivity index is 2.71. The van der Waals surface area contributed by atoms with E-state index in [9.17, 15) is 0 Å². The minimum Gasteiger partial charge on any atom is -0.370 e. The molecule has 1 atom stereocenters. The minimum absolute atomic E-state index is 0.0160. The minimum atomic E-state index is -0.251. The van der Waals surface area contributed by atoms with E-state index in [1.165, 1.54) is 6.39 Å². The summed E-state index contributed by atoms with van der Waals surface area (Å²) in [4.78, 5) is 7.58. The van der Waals surface area contributed by atoms with Crippen molar-refractivity contribution in [1.29, 1.82) is 0 Å². The molecule has 0 radical (unpaired) electrons. The van der Waals surface area contributed by atoms with Gasteiger partial charge in [0.1, 0.15) is 6.04 Å². The first-order valence-corrected chi connectivity index (χ1v) is 3.05. The fourth-order valence-electron chi connectivity index (χ4n) is 0.644. The third kappa shape index (κ3) is 1.92. The lowest BCUT2D eigenvalue weighted by molar-refractivity contribution is 0.406. The quantitative estimate of drug-likeness (QED) is 0.438. The van der Waals surface area contributed by atoms with Gasteiger partial charge in [0, 0.05) is 0 Å². The molecule has 0 saturated heterocycles. The molecule has 0 aliphatic carbocycles. The van der Waals surface area contributed by atoms with Crippen LogP contribution in [-0.2, 0) is 0 Å². The van der Waals surface area contributed by atoms with Crippen molar-refractivity contribution in [3.8, 4) is 0 Å². The van der Waals surface area contributed by atoms with Crippen molar-refractivity contribution in [1.82, 2.24) is 10.1 Å². The SMILES string of the molecule is CC(N=C(N)N)c1ncon1. The Morgan fingerprint density at radius 2 is 2.45 bits per heavy atom. The van der Waals surface area contributed by atoms with Crippen LogP contribution >= 0.6 is 0 Å². The Labute approximate surface area is 63.3 Å². The van der Waals surface area contributed by atoms with Crippen LogP contribution in [0.3, 0.4) is 0 Å². The molecule has 6 nitrogen and oxygen atoms in total. The van der Waals surface area contributed by atoms with Crippen LogP contribution in [-0.4, -0.2) is 16.1 Å². The van der Waals surface area contributed by atoms with Crippen LogP contribution in [0.5, 0.6) is 0 Å². The number of nitrogens with zero attached hydrogens (tertiary/aromatic N) is 3. The van der Waals surface area contributed by atoms with Crippen LogP contribution in [0.2, 0.25) is 0 Å². The summed E-state index contributed by atoms with van der Waals surface area (Å²) in [5.41, 5.74) is 10.3. The van der Waals surface area contributed by atoms with Gasteiger partial charge < -0.3 is 16.0 Å². The maximum atomic E-state index is 5.14. The Morgan fingerprint density at radius 1 is 1.73 bits per heavy atom. The van der Waals surface area contributed by atoms with Gasteiger partial charge in [0.2, 0.25) is 6.39 Å². The van der Waals surface area contributed by atoms with E-state index in [0.717, 1.165) is 0 Å². The first kappa shape index (κ1) is 7.52. The molecule has 11 heavy (non-hydrogen) atoms. The van der Waals surface area contributed by atoms with Crippen molar-refractivity contribution in [3.63, 3.8) is 0 Å². The molecule has 0 aliphatic rings. The average molecular weight is 155 g/mol. The van der Waals surface area contributed by atoms with E-state index >= 15 is 0 Å². The maximum absolute atomic E-state index is 5.14. The van der Waals surface area contributed by atoms with Crippen molar-refractivity contribution in [3.05, 3.63) is 12.2 Å². The normalized spacial score (nSPS) is 12.5. The molecular weight excluding hydrogens is 146 g/mol. The predicted octanol–water partition coefficient (Wildman–Crippen LogP) is -0.596. The largest absolute Gasteiger partial charge is 0.370 e. The van der Waals surface area contributed by atoms with Crippen LogP contribution in [0.15, 0.2) is 15.9 Å². The second-order valence-electron chi connectivity index (χ2n) is 2.02. The highest BCUT2D eigenvalue weighted by molar-refractivity contribution is 5.75.